The second-order valence-electron chi connectivity index (χ2n) is 7.11. The van der Waals surface area contributed by atoms with Gasteiger partial charge in [-0.2, -0.15) is 0 Å². The zero-order chi connectivity index (χ0) is 16.6. The molecule has 0 radical (unpaired) electrons. The van der Waals surface area contributed by atoms with Crippen molar-refractivity contribution in [1.29, 1.82) is 0 Å². The van der Waals surface area contributed by atoms with Gasteiger partial charge in [0.05, 0.1) is 36.8 Å². The Labute approximate surface area is 136 Å². The van der Waals surface area contributed by atoms with Crippen LogP contribution in [0.1, 0.15) is 25.7 Å². The molecule has 1 rings (SSSR count). The molecule has 1 unspecified atom stereocenters. The van der Waals surface area contributed by atoms with Crippen LogP contribution < -0.4 is 0 Å². The molecule has 7 heteroatoms. The van der Waals surface area contributed by atoms with Gasteiger partial charge in [-0.05, 0) is 40.0 Å². The van der Waals surface area contributed by atoms with Crippen LogP contribution >= 0.6 is 0 Å². The van der Waals surface area contributed by atoms with Gasteiger partial charge in [-0.25, -0.2) is 8.42 Å². The fourth-order valence-electron chi connectivity index (χ4n) is 3.12. The smallest absolute Gasteiger partial charge is 0.0948 e. The van der Waals surface area contributed by atoms with E-state index >= 15 is 0 Å². The van der Waals surface area contributed by atoms with Crippen molar-refractivity contribution in [3.63, 3.8) is 0 Å². The fourth-order valence-corrected chi connectivity index (χ4v) is 3.60. The molecule has 0 saturated carbocycles. The molecule has 0 spiro atoms. The maximum absolute atomic E-state index is 10.8. The van der Waals surface area contributed by atoms with E-state index in [1.807, 2.05) is 0 Å². The van der Waals surface area contributed by atoms with Crippen molar-refractivity contribution in [3.05, 3.63) is 0 Å². The van der Waals surface area contributed by atoms with Crippen LogP contribution in [0.15, 0.2) is 0 Å². The van der Waals surface area contributed by atoms with Crippen LogP contribution in [0.4, 0.5) is 0 Å². The Morgan fingerprint density at radius 1 is 1.09 bits per heavy atom. The minimum atomic E-state index is -4.09. The van der Waals surface area contributed by atoms with Crippen molar-refractivity contribution in [2.75, 3.05) is 72.7 Å². The topological polar surface area (TPSA) is 63.7 Å². The summed E-state index contributed by atoms with van der Waals surface area (Å²) in [5.41, 5.74) is 0. The molecule has 22 heavy (non-hydrogen) atoms. The van der Waals surface area contributed by atoms with E-state index in [-0.39, 0.29) is 5.75 Å². The summed E-state index contributed by atoms with van der Waals surface area (Å²) in [4.78, 5) is 4.67. The van der Waals surface area contributed by atoms with Crippen LogP contribution in [-0.4, -0.2) is 100.0 Å². The molecule has 0 N–H and O–H groups in total. The Bertz CT molecular complexity index is 408. The third-order valence-corrected chi connectivity index (χ3v) is 5.34. The van der Waals surface area contributed by atoms with E-state index in [2.05, 4.69) is 30.9 Å². The normalized spacial score (nSPS) is 19.7. The Kier molecular flexibility index (Phi) is 8.27. The van der Waals surface area contributed by atoms with Gasteiger partial charge in [0.25, 0.3) is 0 Å². The molecule has 0 aliphatic carbocycles. The summed E-state index contributed by atoms with van der Waals surface area (Å²) < 4.78 is 33.3. The summed E-state index contributed by atoms with van der Waals surface area (Å²) >= 11 is 0. The summed E-state index contributed by atoms with van der Waals surface area (Å²) in [5.74, 6) is -0.238. The lowest BCUT2D eigenvalue weighted by atomic mass is 10.2. The van der Waals surface area contributed by atoms with Crippen LogP contribution in [0.25, 0.3) is 0 Å². The highest BCUT2D eigenvalue weighted by Gasteiger charge is 2.23. The molecule has 0 aromatic rings. The molecule has 1 fully saturated rings. The van der Waals surface area contributed by atoms with Crippen LogP contribution in [0, 0.1) is 0 Å². The zero-order valence-corrected chi connectivity index (χ0v) is 15.3. The Morgan fingerprint density at radius 3 is 2.23 bits per heavy atom. The van der Waals surface area contributed by atoms with Gasteiger partial charge < -0.3 is 13.9 Å². The molecule has 0 aromatic carbocycles. The van der Waals surface area contributed by atoms with Gasteiger partial charge >= 0.3 is 0 Å². The lowest BCUT2D eigenvalue weighted by Crippen LogP contribution is -2.50. The lowest BCUT2D eigenvalue weighted by Gasteiger charge is -2.36. The van der Waals surface area contributed by atoms with Gasteiger partial charge in [0, 0.05) is 31.7 Å². The molecule has 1 heterocycles. The van der Waals surface area contributed by atoms with Crippen molar-refractivity contribution in [1.82, 2.24) is 9.80 Å². The van der Waals surface area contributed by atoms with E-state index in [4.69, 9.17) is 0 Å². The molecule has 1 aliphatic rings. The molecule has 0 aromatic heterocycles. The number of nitrogens with zero attached hydrogens (tertiary/aromatic N) is 3. The Morgan fingerprint density at radius 2 is 1.68 bits per heavy atom. The van der Waals surface area contributed by atoms with Crippen molar-refractivity contribution in [3.8, 4) is 0 Å². The number of likely N-dealkylation sites (N-methyl/N-ethyl adjacent to an activating group) is 1. The first-order chi connectivity index (χ1) is 10.2. The predicted octanol–water partition coefficient (Wildman–Crippen LogP) is 0.416. The second-order valence-corrected chi connectivity index (χ2v) is 8.63. The number of likely N-dealkylation sites (tertiary alicyclic amines) is 1. The molecular formula is C15H33N3O3S. The SMILES string of the molecule is CN(C)CCC[N+](C)(CCCS(=O)(=O)[O-])CCN1CCCC1. The van der Waals surface area contributed by atoms with Gasteiger partial charge in [-0.1, -0.05) is 0 Å². The van der Waals surface area contributed by atoms with E-state index in [0.29, 0.717) is 6.42 Å². The molecule has 1 aliphatic heterocycles. The van der Waals surface area contributed by atoms with Gasteiger partial charge in [0.1, 0.15) is 0 Å². The number of hydrogen-bond donors (Lipinski definition) is 0. The van der Waals surface area contributed by atoms with Crippen molar-refractivity contribution >= 4 is 10.1 Å². The van der Waals surface area contributed by atoms with Crippen molar-refractivity contribution in [2.45, 2.75) is 25.7 Å². The summed E-state index contributed by atoms with van der Waals surface area (Å²) in [7, 11) is 2.24. The Hall–Kier alpha value is -0.210. The maximum atomic E-state index is 10.8. The van der Waals surface area contributed by atoms with E-state index in [1.54, 1.807) is 0 Å². The van der Waals surface area contributed by atoms with Crippen LogP contribution in [0.5, 0.6) is 0 Å². The quantitative estimate of drug-likeness (QED) is 0.404. The Balaban J connectivity index is 2.45. The standard InChI is InChI=1S/C15H33N3O3S/c1-16(2)8-6-12-18(3,13-7-15-22(19,20)21)14-11-17-9-4-5-10-17/h4-15H2,1-3H3. The summed E-state index contributed by atoms with van der Waals surface area (Å²) in [5, 5.41) is 0. The largest absolute Gasteiger partial charge is 0.748 e. The van der Waals surface area contributed by atoms with Gasteiger partial charge in [-0.3, -0.25) is 4.90 Å². The molecule has 0 bridgehead atoms. The van der Waals surface area contributed by atoms with Gasteiger partial charge in [0.2, 0.25) is 0 Å². The highest BCUT2D eigenvalue weighted by Crippen LogP contribution is 2.11. The number of hydrogen-bond acceptors (Lipinski definition) is 5. The first-order valence-electron chi connectivity index (χ1n) is 8.34. The van der Waals surface area contributed by atoms with E-state index in [1.165, 1.54) is 25.9 Å². The third kappa shape index (κ3) is 9.05. The van der Waals surface area contributed by atoms with Crippen molar-refractivity contribution in [2.24, 2.45) is 0 Å². The summed E-state index contributed by atoms with van der Waals surface area (Å²) in [6, 6.07) is 0. The van der Waals surface area contributed by atoms with Crippen LogP contribution in [0.3, 0.4) is 0 Å². The average molecular weight is 336 g/mol. The highest BCUT2D eigenvalue weighted by molar-refractivity contribution is 7.85. The van der Waals surface area contributed by atoms with E-state index < -0.39 is 10.1 Å². The van der Waals surface area contributed by atoms with E-state index in [9.17, 15) is 13.0 Å². The monoisotopic (exact) mass is 335 g/mol. The fraction of sp³-hybridized carbons (Fsp3) is 1.00. The highest BCUT2D eigenvalue weighted by atomic mass is 32.2. The van der Waals surface area contributed by atoms with Crippen molar-refractivity contribution < 1.29 is 17.5 Å². The van der Waals surface area contributed by atoms with Gasteiger partial charge in [-0.15, -0.1) is 0 Å². The zero-order valence-electron chi connectivity index (χ0n) is 14.5. The lowest BCUT2D eigenvalue weighted by molar-refractivity contribution is -0.909. The molecule has 0 amide bonds. The molecule has 132 valence electrons. The van der Waals surface area contributed by atoms with Gasteiger partial charge in [0.15, 0.2) is 0 Å². The second kappa shape index (κ2) is 9.17. The molecule has 6 nitrogen and oxygen atoms in total. The minimum Gasteiger partial charge on any atom is -0.748 e. The number of rotatable bonds is 11. The van der Waals surface area contributed by atoms with E-state index in [0.717, 1.165) is 43.6 Å². The molecule has 1 saturated heterocycles. The molecular weight excluding hydrogens is 302 g/mol. The third-order valence-electron chi connectivity index (χ3n) is 4.55. The predicted molar refractivity (Wildman–Crippen MR) is 88.8 cm³/mol. The summed E-state index contributed by atoms with van der Waals surface area (Å²) in [6.45, 7) is 7.32. The maximum Gasteiger partial charge on any atom is 0.0948 e. The average Bonchev–Trinajstić information content (AvgIpc) is 2.87. The van der Waals surface area contributed by atoms with Crippen LogP contribution in [-0.2, 0) is 10.1 Å². The first kappa shape index (κ1) is 19.8. The summed E-state index contributed by atoms with van der Waals surface area (Å²) in [6.07, 6.45) is 4.13. The van der Waals surface area contributed by atoms with Crippen LogP contribution in [0.2, 0.25) is 0 Å². The number of quaternary nitrogens is 1. The first-order valence-corrected chi connectivity index (χ1v) is 9.92. The molecule has 1 atom stereocenters. The minimum absolute atomic E-state index is 0.238.